The van der Waals surface area contributed by atoms with Crippen LogP contribution in [-0.2, 0) is 6.54 Å². The number of nitrogens with zero attached hydrogens (tertiary/aromatic N) is 3. The largest absolute Gasteiger partial charge is 0.497 e. The molecule has 0 fully saturated rings. The number of hydrogen-bond acceptors (Lipinski definition) is 7. The highest BCUT2D eigenvalue weighted by molar-refractivity contribution is 5.92. The lowest BCUT2D eigenvalue weighted by atomic mass is 10.2. The first-order valence-electron chi connectivity index (χ1n) is 8.19. The number of aromatic nitrogens is 3. The summed E-state index contributed by atoms with van der Waals surface area (Å²) in [5.74, 6) is 1.46. The molecule has 3 aromatic rings. The molecule has 8 nitrogen and oxygen atoms in total. The van der Waals surface area contributed by atoms with Gasteiger partial charge in [0.15, 0.2) is 0 Å². The molecule has 1 amide bonds. The normalized spacial score (nSPS) is 10.1. The summed E-state index contributed by atoms with van der Waals surface area (Å²) in [7, 11) is 3.16. The maximum atomic E-state index is 12.2. The van der Waals surface area contributed by atoms with Crippen molar-refractivity contribution in [3.8, 4) is 11.5 Å². The molecule has 1 aromatic carbocycles. The lowest BCUT2D eigenvalue weighted by Crippen LogP contribution is -2.24. The van der Waals surface area contributed by atoms with Crippen molar-refractivity contribution in [1.29, 1.82) is 0 Å². The third kappa shape index (κ3) is 4.69. The Bertz CT molecular complexity index is 901. The summed E-state index contributed by atoms with van der Waals surface area (Å²) >= 11 is 0. The van der Waals surface area contributed by atoms with Crippen LogP contribution in [0.3, 0.4) is 0 Å². The number of hydrogen-bond donors (Lipinski definition) is 2. The van der Waals surface area contributed by atoms with Crippen LogP contribution in [-0.4, -0.2) is 35.1 Å². The SMILES string of the molecule is COc1ccc(Nc2cnc(C(=O)NCc3ccccn3)cn2)c(OC)c1. The number of nitrogens with one attached hydrogen (secondary N) is 2. The Kier molecular flexibility index (Phi) is 5.78. The van der Waals surface area contributed by atoms with Gasteiger partial charge in [-0.1, -0.05) is 6.07 Å². The summed E-state index contributed by atoms with van der Waals surface area (Å²) in [6.07, 6.45) is 4.57. The molecule has 2 N–H and O–H groups in total. The van der Waals surface area contributed by atoms with Crippen molar-refractivity contribution in [2.24, 2.45) is 0 Å². The fraction of sp³-hybridized carbons (Fsp3) is 0.158. The van der Waals surface area contributed by atoms with Crippen LogP contribution in [0.4, 0.5) is 11.5 Å². The van der Waals surface area contributed by atoms with Gasteiger partial charge in [-0.25, -0.2) is 9.97 Å². The van der Waals surface area contributed by atoms with Crippen molar-refractivity contribution < 1.29 is 14.3 Å². The standard InChI is InChI=1S/C19H19N5O3/c1-26-14-6-7-15(17(9-14)27-2)24-18-12-21-16(11-22-18)19(25)23-10-13-5-3-4-8-20-13/h3-9,11-12H,10H2,1-2H3,(H,22,24)(H,23,25). The molecule has 0 aliphatic rings. The van der Waals surface area contributed by atoms with Gasteiger partial charge in [-0.15, -0.1) is 0 Å². The zero-order valence-electron chi connectivity index (χ0n) is 15.0. The minimum absolute atomic E-state index is 0.221. The monoisotopic (exact) mass is 365 g/mol. The molecule has 8 heteroatoms. The van der Waals surface area contributed by atoms with Crippen LogP contribution in [0.5, 0.6) is 11.5 Å². The van der Waals surface area contributed by atoms with Crippen molar-refractivity contribution in [2.45, 2.75) is 6.54 Å². The first kappa shape index (κ1) is 18.1. The van der Waals surface area contributed by atoms with Crippen LogP contribution in [0.1, 0.15) is 16.2 Å². The highest BCUT2D eigenvalue weighted by Crippen LogP contribution is 2.30. The summed E-state index contributed by atoms with van der Waals surface area (Å²) in [6.45, 7) is 0.324. The van der Waals surface area contributed by atoms with Crippen molar-refractivity contribution >= 4 is 17.4 Å². The maximum absolute atomic E-state index is 12.2. The number of benzene rings is 1. The molecule has 0 spiro atoms. The molecule has 0 saturated heterocycles. The number of methoxy groups -OCH3 is 2. The fourth-order valence-corrected chi connectivity index (χ4v) is 2.31. The molecule has 0 atom stereocenters. The number of rotatable bonds is 7. The van der Waals surface area contributed by atoms with E-state index in [4.69, 9.17) is 9.47 Å². The van der Waals surface area contributed by atoms with E-state index in [9.17, 15) is 4.79 Å². The third-order valence-electron chi connectivity index (χ3n) is 3.71. The third-order valence-corrected chi connectivity index (χ3v) is 3.71. The average molecular weight is 365 g/mol. The van der Waals surface area contributed by atoms with Crippen LogP contribution in [0, 0.1) is 0 Å². The first-order chi connectivity index (χ1) is 13.2. The molecule has 2 heterocycles. The Hall–Kier alpha value is -3.68. The van der Waals surface area contributed by atoms with Gasteiger partial charge in [0.25, 0.3) is 5.91 Å². The lowest BCUT2D eigenvalue weighted by molar-refractivity contribution is 0.0945. The van der Waals surface area contributed by atoms with Crippen LogP contribution in [0.2, 0.25) is 0 Å². The van der Waals surface area contributed by atoms with E-state index in [-0.39, 0.29) is 11.6 Å². The van der Waals surface area contributed by atoms with E-state index in [0.29, 0.717) is 29.5 Å². The average Bonchev–Trinajstić information content (AvgIpc) is 2.73. The molecular weight excluding hydrogens is 346 g/mol. The molecule has 0 radical (unpaired) electrons. The van der Waals surface area contributed by atoms with E-state index in [1.54, 1.807) is 32.5 Å². The zero-order chi connectivity index (χ0) is 19.1. The quantitative estimate of drug-likeness (QED) is 0.664. The molecule has 0 aliphatic heterocycles. The maximum Gasteiger partial charge on any atom is 0.271 e. The minimum Gasteiger partial charge on any atom is -0.497 e. The molecule has 2 aromatic heterocycles. The minimum atomic E-state index is -0.318. The molecule has 138 valence electrons. The van der Waals surface area contributed by atoms with Crippen LogP contribution in [0.25, 0.3) is 0 Å². The van der Waals surface area contributed by atoms with Gasteiger partial charge in [-0.3, -0.25) is 9.78 Å². The summed E-state index contributed by atoms with van der Waals surface area (Å²) in [6, 6.07) is 10.9. The second kappa shape index (κ2) is 8.61. The van der Waals surface area contributed by atoms with E-state index in [1.807, 2.05) is 24.3 Å². The number of amides is 1. The van der Waals surface area contributed by atoms with Crippen LogP contribution in [0.15, 0.2) is 55.0 Å². The predicted molar refractivity (Wildman–Crippen MR) is 100 cm³/mol. The molecule has 0 saturated carbocycles. The van der Waals surface area contributed by atoms with E-state index in [2.05, 4.69) is 25.6 Å². The summed E-state index contributed by atoms with van der Waals surface area (Å²) in [5, 5.41) is 5.86. The molecule has 0 unspecified atom stereocenters. The molecule has 0 bridgehead atoms. The summed E-state index contributed by atoms with van der Waals surface area (Å²) < 4.78 is 10.5. The Morgan fingerprint density at radius 2 is 1.93 bits per heavy atom. The number of carbonyl (C=O) groups excluding carboxylic acids is 1. The summed E-state index contributed by atoms with van der Waals surface area (Å²) in [4.78, 5) is 24.7. The van der Waals surface area contributed by atoms with E-state index in [0.717, 1.165) is 5.69 Å². The first-order valence-corrected chi connectivity index (χ1v) is 8.19. The Morgan fingerprint density at radius 3 is 2.59 bits per heavy atom. The van der Waals surface area contributed by atoms with Crippen molar-refractivity contribution in [3.05, 3.63) is 66.4 Å². The number of anilines is 2. The predicted octanol–water partition coefficient (Wildman–Crippen LogP) is 2.56. The van der Waals surface area contributed by atoms with Gasteiger partial charge in [0.2, 0.25) is 0 Å². The van der Waals surface area contributed by atoms with Gasteiger partial charge < -0.3 is 20.1 Å². The number of ether oxygens (including phenoxy) is 2. The van der Waals surface area contributed by atoms with Gasteiger partial charge in [-0.05, 0) is 24.3 Å². The van der Waals surface area contributed by atoms with E-state index < -0.39 is 0 Å². The van der Waals surface area contributed by atoms with Crippen LogP contribution < -0.4 is 20.1 Å². The second-order valence-electron chi connectivity index (χ2n) is 5.48. The number of pyridine rings is 1. The smallest absolute Gasteiger partial charge is 0.271 e. The highest BCUT2D eigenvalue weighted by atomic mass is 16.5. The Morgan fingerprint density at radius 1 is 1.04 bits per heavy atom. The lowest BCUT2D eigenvalue weighted by Gasteiger charge is -2.12. The van der Waals surface area contributed by atoms with Crippen molar-refractivity contribution in [1.82, 2.24) is 20.3 Å². The van der Waals surface area contributed by atoms with Gasteiger partial charge in [0.1, 0.15) is 23.0 Å². The zero-order valence-corrected chi connectivity index (χ0v) is 15.0. The van der Waals surface area contributed by atoms with E-state index >= 15 is 0 Å². The Labute approximate surface area is 156 Å². The van der Waals surface area contributed by atoms with Gasteiger partial charge in [0.05, 0.1) is 44.5 Å². The van der Waals surface area contributed by atoms with Gasteiger partial charge >= 0.3 is 0 Å². The topological polar surface area (TPSA) is 98.3 Å². The van der Waals surface area contributed by atoms with E-state index in [1.165, 1.54) is 12.4 Å². The van der Waals surface area contributed by atoms with Crippen molar-refractivity contribution in [2.75, 3.05) is 19.5 Å². The number of carbonyl (C=O) groups is 1. The summed E-state index contributed by atoms with van der Waals surface area (Å²) in [5.41, 5.74) is 1.70. The molecule has 3 rings (SSSR count). The van der Waals surface area contributed by atoms with Crippen molar-refractivity contribution in [3.63, 3.8) is 0 Å². The molecule has 27 heavy (non-hydrogen) atoms. The Balaban J connectivity index is 1.64. The fourth-order valence-electron chi connectivity index (χ4n) is 2.31. The van der Waals surface area contributed by atoms with Crippen LogP contribution >= 0.6 is 0 Å². The second-order valence-corrected chi connectivity index (χ2v) is 5.48. The molecular formula is C19H19N5O3. The van der Waals surface area contributed by atoms with Gasteiger partial charge in [-0.2, -0.15) is 0 Å². The highest BCUT2D eigenvalue weighted by Gasteiger charge is 2.10. The molecule has 0 aliphatic carbocycles. The van der Waals surface area contributed by atoms with Gasteiger partial charge in [0, 0.05) is 12.3 Å².